The van der Waals surface area contributed by atoms with Crippen molar-refractivity contribution in [3.63, 3.8) is 0 Å². The maximum absolute atomic E-state index is 12.7. The predicted molar refractivity (Wildman–Crippen MR) is 150 cm³/mol. The van der Waals surface area contributed by atoms with Gasteiger partial charge in [-0.2, -0.15) is 0 Å². The van der Waals surface area contributed by atoms with Gasteiger partial charge < -0.3 is 14.9 Å². The highest BCUT2D eigenvalue weighted by Gasteiger charge is 2.73. The summed E-state index contributed by atoms with van der Waals surface area (Å²) in [5.74, 6) is 1.73. The van der Waals surface area contributed by atoms with Crippen molar-refractivity contribution in [2.75, 3.05) is 26.7 Å². The Labute approximate surface area is 227 Å². The number of aromatic hydroxyl groups is 1. The number of unbranched alkanes of at least 4 members (excludes halogenated alkanes) is 3. The molecule has 2 aromatic rings. The highest BCUT2D eigenvalue weighted by molar-refractivity contribution is 5.62. The minimum absolute atomic E-state index is 0.0998. The van der Waals surface area contributed by atoms with Crippen LogP contribution >= 0.6 is 0 Å². The molecule has 0 amide bonds. The van der Waals surface area contributed by atoms with Crippen molar-refractivity contribution in [3.05, 3.63) is 59.2 Å². The standard InChI is InChI=1S/C33H44N2O3/c1-34(19-8-3-2-5-9-23-10-6-4-7-11-23)26-16-17-33(37)28-21-25-14-15-27(36)30-29(25)32(33,31(26)38-30)18-20-35(28)22-24-12-13-24/h4,6-7,10-11,14-15,24,26,28,31,36-37H,2-3,5,8-9,12-13,16-22H2,1H3/t26?,28-,31?,32+,33-/m1/s1. The Hall–Kier alpha value is -2.08. The number of hydrogen-bond donors (Lipinski definition) is 2. The van der Waals surface area contributed by atoms with Crippen molar-refractivity contribution < 1.29 is 14.9 Å². The zero-order chi connectivity index (χ0) is 25.9. The summed E-state index contributed by atoms with van der Waals surface area (Å²) in [6.07, 6.45) is 12.2. The second-order valence-electron chi connectivity index (χ2n) is 13.0. The van der Waals surface area contributed by atoms with E-state index >= 15 is 0 Å². The third-order valence-electron chi connectivity index (χ3n) is 10.9. The number of benzene rings is 2. The molecule has 0 radical (unpaired) electrons. The Kier molecular flexibility index (Phi) is 6.25. The second-order valence-corrected chi connectivity index (χ2v) is 13.0. The molecule has 2 N–H and O–H groups in total. The summed E-state index contributed by atoms with van der Waals surface area (Å²) < 4.78 is 6.76. The Morgan fingerprint density at radius 3 is 2.63 bits per heavy atom. The van der Waals surface area contributed by atoms with E-state index in [-0.39, 0.29) is 23.9 Å². The monoisotopic (exact) mass is 516 g/mol. The lowest BCUT2D eigenvalue weighted by Crippen LogP contribution is -2.78. The molecule has 7 rings (SSSR count). The predicted octanol–water partition coefficient (Wildman–Crippen LogP) is 5.06. The fraction of sp³-hybridized carbons (Fsp3) is 0.636. The molecule has 3 aliphatic carbocycles. The summed E-state index contributed by atoms with van der Waals surface area (Å²) in [4.78, 5) is 5.13. The first kappa shape index (κ1) is 24.9. The van der Waals surface area contributed by atoms with Gasteiger partial charge in [-0.15, -0.1) is 0 Å². The van der Waals surface area contributed by atoms with Gasteiger partial charge in [0.2, 0.25) is 0 Å². The number of likely N-dealkylation sites (tertiary alicyclic amines) is 1. The SMILES string of the molecule is CN(CCCCCCc1ccccc1)C1CC[C@@]2(O)[C@H]3Cc4ccc(O)c5c4[C@@]2(CCN3CC2CC2)C1O5. The molecule has 2 heterocycles. The van der Waals surface area contributed by atoms with Gasteiger partial charge in [-0.05, 0) is 101 Å². The quantitative estimate of drug-likeness (QED) is 0.433. The van der Waals surface area contributed by atoms with Gasteiger partial charge in [-0.3, -0.25) is 9.80 Å². The second kappa shape index (κ2) is 9.53. The van der Waals surface area contributed by atoms with E-state index < -0.39 is 11.0 Å². The third kappa shape index (κ3) is 3.83. The molecule has 3 fully saturated rings. The first-order valence-corrected chi connectivity index (χ1v) is 15.2. The van der Waals surface area contributed by atoms with Gasteiger partial charge in [0.05, 0.1) is 11.0 Å². The average Bonchev–Trinajstić information content (AvgIpc) is 3.67. The van der Waals surface area contributed by atoms with Gasteiger partial charge in [0.25, 0.3) is 0 Å². The van der Waals surface area contributed by atoms with Gasteiger partial charge in [0.15, 0.2) is 11.5 Å². The number of hydrogen-bond acceptors (Lipinski definition) is 5. The Morgan fingerprint density at radius 2 is 1.82 bits per heavy atom. The van der Waals surface area contributed by atoms with Crippen molar-refractivity contribution in [1.82, 2.24) is 9.80 Å². The number of phenolic OH excluding ortho intramolecular Hbond substituents is 1. The zero-order valence-electron chi connectivity index (χ0n) is 22.9. The minimum Gasteiger partial charge on any atom is -0.504 e. The Bertz CT molecular complexity index is 1170. The number of likely N-dealkylation sites (N-methyl/N-ethyl adjacent to an activating group) is 1. The smallest absolute Gasteiger partial charge is 0.165 e. The molecule has 1 saturated heterocycles. The van der Waals surface area contributed by atoms with Crippen LogP contribution in [0.25, 0.3) is 0 Å². The van der Waals surface area contributed by atoms with Crippen LogP contribution in [-0.2, 0) is 18.3 Å². The molecule has 5 nitrogen and oxygen atoms in total. The molecule has 5 aliphatic rings. The molecular weight excluding hydrogens is 472 g/mol. The molecule has 5 atom stereocenters. The number of phenols is 1. The molecule has 204 valence electrons. The number of aryl methyl sites for hydroxylation is 1. The molecule has 38 heavy (non-hydrogen) atoms. The molecule has 2 bridgehead atoms. The van der Waals surface area contributed by atoms with E-state index in [4.69, 9.17) is 4.74 Å². The zero-order valence-corrected chi connectivity index (χ0v) is 22.9. The molecular formula is C33H44N2O3. The first-order chi connectivity index (χ1) is 18.5. The fourth-order valence-electron chi connectivity index (χ4n) is 8.76. The number of rotatable bonds is 10. The van der Waals surface area contributed by atoms with Gasteiger partial charge in [-0.25, -0.2) is 0 Å². The molecule has 0 aromatic heterocycles. The Morgan fingerprint density at radius 1 is 1.00 bits per heavy atom. The van der Waals surface area contributed by atoms with Crippen LogP contribution in [0.5, 0.6) is 11.5 Å². The summed E-state index contributed by atoms with van der Waals surface area (Å²) in [5, 5.41) is 23.5. The van der Waals surface area contributed by atoms with E-state index in [1.54, 1.807) is 0 Å². The van der Waals surface area contributed by atoms with E-state index in [0.29, 0.717) is 5.75 Å². The van der Waals surface area contributed by atoms with E-state index in [1.165, 1.54) is 56.1 Å². The van der Waals surface area contributed by atoms with Crippen LogP contribution in [0.1, 0.15) is 74.5 Å². The fourth-order valence-corrected chi connectivity index (χ4v) is 8.76. The van der Waals surface area contributed by atoms with Gasteiger partial charge in [0.1, 0.15) is 6.10 Å². The number of ether oxygens (including phenoxy) is 1. The maximum Gasteiger partial charge on any atom is 0.165 e. The first-order valence-electron chi connectivity index (χ1n) is 15.2. The highest BCUT2D eigenvalue weighted by atomic mass is 16.5. The van der Waals surface area contributed by atoms with E-state index in [2.05, 4.69) is 53.2 Å². The van der Waals surface area contributed by atoms with Crippen molar-refractivity contribution in [2.24, 2.45) is 5.92 Å². The van der Waals surface area contributed by atoms with E-state index in [1.807, 2.05) is 6.07 Å². The summed E-state index contributed by atoms with van der Waals surface area (Å²) in [6, 6.07) is 15.2. The van der Waals surface area contributed by atoms with Gasteiger partial charge >= 0.3 is 0 Å². The lowest BCUT2D eigenvalue weighted by atomic mass is 9.48. The normalized spacial score (nSPS) is 33.3. The number of nitrogens with zero attached hydrogens (tertiary/aromatic N) is 2. The van der Waals surface area contributed by atoms with E-state index in [9.17, 15) is 10.2 Å². The number of piperidine rings is 1. The minimum atomic E-state index is -0.786. The molecule has 2 aliphatic heterocycles. The van der Waals surface area contributed by atoms with Crippen molar-refractivity contribution in [2.45, 2.75) is 99.8 Å². The van der Waals surface area contributed by atoms with Crippen molar-refractivity contribution >= 4 is 0 Å². The highest BCUT2D eigenvalue weighted by Crippen LogP contribution is 2.66. The summed E-state index contributed by atoms with van der Waals surface area (Å²) in [7, 11) is 2.26. The molecule has 1 spiro atoms. The molecule has 2 aromatic carbocycles. The van der Waals surface area contributed by atoms with Gasteiger partial charge in [-0.1, -0.05) is 49.2 Å². The van der Waals surface area contributed by atoms with Crippen LogP contribution in [-0.4, -0.2) is 70.5 Å². The summed E-state index contributed by atoms with van der Waals surface area (Å²) in [6.45, 7) is 3.20. The average molecular weight is 517 g/mol. The van der Waals surface area contributed by atoms with Crippen LogP contribution in [0, 0.1) is 5.92 Å². The maximum atomic E-state index is 12.7. The van der Waals surface area contributed by atoms with E-state index in [0.717, 1.165) is 56.8 Å². The van der Waals surface area contributed by atoms with Crippen LogP contribution in [0.3, 0.4) is 0 Å². The van der Waals surface area contributed by atoms with Crippen LogP contribution < -0.4 is 4.74 Å². The molecule has 2 saturated carbocycles. The summed E-state index contributed by atoms with van der Waals surface area (Å²) in [5.41, 5.74) is 2.68. The molecule has 5 heteroatoms. The Balaban J connectivity index is 1.07. The number of aliphatic hydroxyl groups is 1. The molecule has 2 unspecified atom stereocenters. The van der Waals surface area contributed by atoms with Crippen molar-refractivity contribution in [3.8, 4) is 11.5 Å². The van der Waals surface area contributed by atoms with Crippen LogP contribution in [0.15, 0.2) is 42.5 Å². The third-order valence-corrected chi connectivity index (χ3v) is 10.9. The lowest BCUT2D eigenvalue weighted by molar-refractivity contribution is -0.199. The van der Waals surface area contributed by atoms with Crippen LogP contribution in [0.2, 0.25) is 0 Å². The van der Waals surface area contributed by atoms with Crippen LogP contribution in [0.4, 0.5) is 0 Å². The topological polar surface area (TPSA) is 56.2 Å². The summed E-state index contributed by atoms with van der Waals surface area (Å²) >= 11 is 0. The van der Waals surface area contributed by atoms with Gasteiger partial charge in [0, 0.05) is 24.2 Å². The largest absolute Gasteiger partial charge is 0.504 e. The van der Waals surface area contributed by atoms with Crippen molar-refractivity contribution in [1.29, 1.82) is 0 Å². The lowest BCUT2D eigenvalue weighted by Gasteiger charge is -2.64.